The van der Waals surface area contributed by atoms with Gasteiger partial charge < -0.3 is 21.0 Å². The first-order valence-electron chi connectivity index (χ1n) is 5.29. The summed E-state index contributed by atoms with van der Waals surface area (Å²) in [6, 6.07) is 1.54. The summed E-state index contributed by atoms with van der Waals surface area (Å²) in [4.78, 5) is 11.1. The molecule has 0 aliphatic rings. The van der Waals surface area contributed by atoms with E-state index in [0.29, 0.717) is 23.8 Å². The van der Waals surface area contributed by atoms with Crippen molar-refractivity contribution in [2.75, 3.05) is 12.3 Å². The zero-order chi connectivity index (χ0) is 13.1. The molecule has 17 heavy (non-hydrogen) atoms. The van der Waals surface area contributed by atoms with Crippen molar-refractivity contribution in [3.8, 4) is 0 Å². The summed E-state index contributed by atoms with van der Waals surface area (Å²) < 4.78 is 5.52. The van der Waals surface area contributed by atoms with Crippen LogP contribution >= 0.6 is 11.8 Å². The van der Waals surface area contributed by atoms with Gasteiger partial charge in [-0.05, 0) is 19.9 Å². The van der Waals surface area contributed by atoms with E-state index in [1.165, 1.54) is 6.07 Å². The summed E-state index contributed by atoms with van der Waals surface area (Å²) in [7, 11) is 0. The zero-order valence-electron chi connectivity index (χ0n) is 10.0. The number of hydrogen-bond donors (Lipinski definition) is 3. The first-order valence-corrected chi connectivity index (χ1v) is 6.45. The third kappa shape index (κ3) is 3.76. The van der Waals surface area contributed by atoms with E-state index in [1.807, 2.05) is 0 Å². The Kier molecular flexibility index (Phi) is 4.62. The van der Waals surface area contributed by atoms with Gasteiger partial charge in [0.05, 0.1) is 11.3 Å². The minimum atomic E-state index is -1.02. The number of hydrogen-bond acceptors (Lipinski definition) is 5. The van der Waals surface area contributed by atoms with Gasteiger partial charge in [-0.15, -0.1) is 0 Å². The Balaban J connectivity index is 2.93. The third-order valence-corrected chi connectivity index (χ3v) is 3.12. The van der Waals surface area contributed by atoms with E-state index in [1.54, 1.807) is 25.6 Å². The smallest absolute Gasteiger partial charge is 0.339 e. The highest BCUT2D eigenvalue weighted by Gasteiger charge is 2.27. The molecule has 5 N–H and O–H groups in total. The molecule has 0 unspecified atom stereocenters. The van der Waals surface area contributed by atoms with E-state index in [0.717, 1.165) is 5.75 Å². The molecule has 0 atom stereocenters. The summed E-state index contributed by atoms with van der Waals surface area (Å²) in [5.74, 6) is 1.33. The van der Waals surface area contributed by atoms with Gasteiger partial charge in [0.15, 0.2) is 0 Å². The molecule has 0 aliphatic heterocycles. The van der Waals surface area contributed by atoms with E-state index in [2.05, 4.69) is 0 Å². The summed E-state index contributed by atoms with van der Waals surface area (Å²) in [5.41, 5.74) is 10.6. The number of carbonyl (C=O) groups is 1. The van der Waals surface area contributed by atoms with Crippen LogP contribution in [0.15, 0.2) is 10.5 Å². The zero-order valence-corrected chi connectivity index (χ0v) is 10.8. The van der Waals surface area contributed by atoms with Crippen molar-refractivity contribution in [2.24, 2.45) is 11.5 Å². The monoisotopic (exact) mass is 258 g/mol. The molecule has 1 aromatic heterocycles. The molecule has 1 heterocycles. The molecule has 0 aliphatic carbocycles. The van der Waals surface area contributed by atoms with Crippen LogP contribution in [-0.4, -0.2) is 23.4 Å². The molecule has 0 spiro atoms. The fraction of sp³-hybridized carbons (Fsp3) is 0.545. The maximum Gasteiger partial charge on any atom is 0.339 e. The number of aromatic carboxylic acids is 1. The molecule has 6 heteroatoms. The minimum absolute atomic E-state index is 0.140. The lowest BCUT2D eigenvalue weighted by molar-refractivity contribution is 0.0692. The van der Waals surface area contributed by atoms with Gasteiger partial charge >= 0.3 is 5.97 Å². The SMILES string of the molecule is CC(C)(N)c1oc(CSCCN)cc1C(=O)O. The minimum Gasteiger partial charge on any atom is -0.478 e. The Labute approximate surface area is 105 Å². The van der Waals surface area contributed by atoms with Crippen molar-refractivity contribution >= 4 is 17.7 Å². The maximum atomic E-state index is 11.1. The average molecular weight is 258 g/mol. The van der Waals surface area contributed by atoms with E-state index in [-0.39, 0.29) is 5.56 Å². The fourth-order valence-corrected chi connectivity index (χ4v) is 2.06. The lowest BCUT2D eigenvalue weighted by Gasteiger charge is -2.16. The Morgan fingerprint density at radius 2 is 2.24 bits per heavy atom. The van der Waals surface area contributed by atoms with Crippen LogP contribution in [0.1, 0.15) is 35.7 Å². The Morgan fingerprint density at radius 3 is 2.65 bits per heavy atom. The molecule has 96 valence electrons. The van der Waals surface area contributed by atoms with Gasteiger partial charge in [0, 0.05) is 12.3 Å². The van der Waals surface area contributed by atoms with Crippen LogP contribution in [0, 0.1) is 0 Å². The van der Waals surface area contributed by atoms with Gasteiger partial charge in [0.25, 0.3) is 0 Å². The summed E-state index contributed by atoms with van der Waals surface area (Å²) >= 11 is 1.60. The van der Waals surface area contributed by atoms with Gasteiger partial charge in [0.2, 0.25) is 0 Å². The molecule has 0 amide bonds. The molecule has 1 aromatic rings. The number of furan rings is 1. The maximum absolute atomic E-state index is 11.1. The molecular weight excluding hydrogens is 240 g/mol. The number of thioether (sulfide) groups is 1. The predicted molar refractivity (Wildman–Crippen MR) is 68.1 cm³/mol. The molecule has 0 fully saturated rings. The lowest BCUT2D eigenvalue weighted by atomic mass is 10.00. The van der Waals surface area contributed by atoms with Gasteiger partial charge in [0.1, 0.15) is 17.1 Å². The quantitative estimate of drug-likeness (QED) is 0.666. The summed E-state index contributed by atoms with van der Waals surface area (Å²) in [6.45, 7) is 4.02. The van der Waals surface area contributed by atoms with E-state index < -0.39 is 11.5 Å². The van der Waals surface area contributed by atoms with Gasteiger partial charge in [-0.1, -0.05) is 0 Å². The number of nitrogens with two attached hydrogens (primary N) is 2. The molecule has 0 saturated heterocycles. The van der Waals surface area contributed by atoms with Crippen LogP contribution < -0.4 is 11.5 Å². The van der Waals surface area contributed by atoms with Crippen LogP contribution in [0.5, 0.6) is 0 Å². The second-order valence-electron chi connectivity index (χ2n) is 4.32. The fourth-order valence-electron chi connectivity index (χ4n) is 1.41. The highest BCUT2D eigenvalue weighted by molar-refractivity contribution is 7.98. The summed E-state index contributed by atoms with van der Waals surface area (Å²) in [6.07, 6.45) is 0. The van der Waals surface area contributed by atoms with Crippen LogP contribution in [-0.2, 0) is 11.3 Å². The van der Waals surface area contributed by atoms with Crippen molar-refractivity contribution in [3.05, 3.63) is 23.2 Å². The van der Waals surface area contributed by atoms with Gasteiger partial charge in [-0.2, -0.15) is 11.8 Å². The van der Waals surface area contributed by atoms with Crippen molar-refractivity contribution in [1.82, 2.24) is 0 Å². The van der Waals surface area contributed by atoms with Gasteiger partial charge in [-0.3, -0.25) is 0 Å². The van der Waals surface area contributed by atoms with Crippen molar-refractivity contribution < 1.29 is 14.3 Å². The third-order valence-electron chi connectivity index (χ3n) is 2.11. The molecule has 5 nitrogen and oxygen atoms in total. The highest BCUT2D eigenvalue weighted by atomic mass is 32.2. The second kappa shape index (κ2) is 5.57. The normalized spacial score (nSPS) is 11.8. The van der Waals surface area contributed by atoms with Gasteiger partial charge in [-0.25, -0.2) is 4.79 Å². The molecule has 1 rings (SSSR count). The van der Waals surface area contributed by atoms with Crippen LogP contribution in [0.25, 0.3) is 0 Å². The van der Waals surface area contributed by atoms with Crippen molar-refractivity contribution in [1.29, 1.82) is 0 Å². The highest BCUT2D eigenvalue weighted by Crippen LogP contribution is 2.27. The standard InChI is InChI=1S/C11H18N2O3S/c1-11(2,13)9-8(10(14)15)5-7(16-9)6-17-4-3-12/h5H,3-4,6,12-13H2,1-2H3,(H,14,15). The van der Waals surface area contributed by atoms with Crippen LogP contribution in [0.3, 0.4) is 0 Å². The Hall–Kier alpha value is -0.980. The van der Waals surface area contributed by atoms with E-state index >= 15 is 0 Å². The molecular formula is C11H18N2O3S. The molecule has 0 radical (unpaired) electrons. The molecule has 0 aromatic carbocycles. The number of carboxylic acids is 1. The Bertz CT molecular complexity index is 396. The van der Waals surface area contributed by atoms with Crippen molar-refractivity contribution in [2.45, 2.75) is 25.1 Å². The molecule has 0 bridgehead atoms. The first kappa shape index (κ1) is 14.1. The summed E-state index contributed by atoms with van der Waals surface area (Å²) in [5, 5.41) is 9.07. The predicted octanol–water partition coefficient (Wildman–Crippen LogP) is 1.36. The average Bonchev–Trinajstić information content (AvgIpc) is 2.62. The Morgan fingerprint density at radius 1 is 1.59 bits per heavy atom. The second-order valence-corrected chi connectivity index (χ2v) is 5.43. The molecule has 0 saturated carbocycles. The van der Waals surface area contributed by atoms with Crippen LogP contribution in [0.4, 0.5) is 0 Å². The number of rotatable bonds is 6. The lowest BCUT2D eigenvalue weighted by Crippen LogP contribution is -2.30. The van der Waals surface area contributed by atoms with Crippen LogP contribution in [0.2, 0.25) is 0 Å². The van der Waals surface area contributed by atoms with E-state index in [4.69, 9.17) is 21.0 Å². The topological polar surface area (TPSA) is 102 Å². The number of carboxylic acid groups (broad SMARTS) is 1. The first-order chi connectivity index (χ1) is 7.86. The largest absolute Gasteiger partial charge is 0.478 e. The van der Waals surface area contributed by atoms with E-state index in [9.17, 15) is 4.79 Å². The van der Waals surface area contributed by atoms with Crippen molar-refractivity contribution in [3.63, 3.8) is 0 Å².